The van der Waals surface area contributed by atoms with E-state index in [1.54, 1.807) is 0 Å². The zero-order valence-corrected chi connectivity index (χ0v) is 16.3. The first-order valence-electron chi connectivity index (χ1n) is 9.65. The van der Waals surface area contributed by atoms with Crippen LogP contribution in [0, 0.1) is 0 Å². The summed E-state index contributed by atoms with van der Waals surface area (Å²) in [5.41, 5.74) is 4.98. The van der Waals surface area contributed by atoms with Crippen LogP contribution in [0.1, 0.15) is 13.8 Å². The molecular formula is C24H20N4O. The number of ether oxygens (including phenoxy) is 1. The van der Waals surface area contributed by atoms with Crippen LogP contribution in [-0.2, 0) is 0 Å². The van der Waals surface area contributed by atoms with Crippen LogP contribution >= 0.6 is 0 Å². The fourth-order valence-corrected chi connectivity index (χ4v) is 3.54. The largest absolute Gasteiger partial charge is 0.491 e. The van der Waals surface area contributed by atoms with Gasteiger partial charge < -0.3 is 4.74 Å². The number of para-hydroxylation sites is 1. The minimum absolute atomic E-state index is 0.163. The molecule has 3 heterocycles. The van der Waals surface area contributed by atoms with E-state index in [0.717, 1.165) is 44.8 Å². The van der Waals surface area contributed by atoms with Crippen molar-refractivity contribution in [3.05, 3.63) is 79.1 Å². The molecule has 29 heavy (non-hydrogen) atoms. The Labute approximate surface area is 168 Å². The Morgan fingerprint density at radius 3 is 2.52 bits per heavy atom. The first-order valence-corrected chi connectivity index (χ1v) is 9.65. The van der Waals surface area contributed by atoms with Crippen molar-refractivity contribution >= 4 is 16.6 Å². The molecule has 0 saturated carbocycles. The molecule has 2 aromatic carbocycles. The van der Waals surface area contributed by atoms with E-state index in [2.05, 4.69) is 45.5 Å². The molecule has 0 spiro atoms. The van der Waals surface area contributed by atoms with E-state index in [4.69, 9.17) is 4.74 Å². The van der Waals surface area contributed by atoms with Crippen LogP contribution in [0.5, 0.6) is 5.75 Å². The minimum Gasteiger partial charge on any atom is -0.491 e. The normalized spacial score (nSPS) is 11.4. The summed E-state index contributed by atoms with van der Waals surface area (Å²) in [5, 5.41) is 9.94. The highest BCUT2D eigenvalue weighted by atomic mass is 16.5. The van der Waals surface area contributed by atoms with Crippen molar-refractivity contribution in [1.82, 2.24) is 19.6 Å². The molecule has 5 nitrogen and oxygen atoms in total. The third-order valence-corrected chi connectivity index (χ3v) is 4.86. The predicted octanol–water partition coefficient (Wildman–Crippen LogP) is 5.40. The van der Waals surface area contributed by atoms with Gasteiger partial charge in [0, 0.05) is 23.3 Å². The first-order chi connectivity index (χ1) is 14.2. The van der Waals surface area contributed by atoms with Gasteiger partial charge in [-0.2, -0.15) is 0 Å². The molecule has 0 amide bonds. The Kier molecular flexibility index (Phi) is 4.21. The summed E-state index contributed by atoms with van der Waals surface area (Å²) in [6.07, 6.45) is 4.00. The van der Waals surface area contributed by atoms with E-state index >= 15 is 0 Å². The van der Waals surface area contributed by atoms with Crippen LogP contribution in [-0.4, -0.2) is 25.7 Å². The van der Waals surface area contributed by atoms with E-state index < -0.39 is 0 Å². The topological polar surface area (TPSA) is 52.3 Å². The molecular weight excluding hydrogens is 360 g/mol. The summed E-state index contributed by atoms with van der Waals surface area (Å²) in [5.74, 6) is 1.69. The van der Waals surface area contributed by atoms with Crippen LogP contribution < -0.4 is 4.74 Å². The maximum atomic E-state index is 5.73. The molecule has 0 unspecified atom stereocenters. The summed E-state index contributed by atoms with van der Waals surface area (Å²) < 4.78 is 7.75. The lowest BCUT2D eigenvalue weighted by molar-refractivity contribution is 0.242. The maximum absolute atomic E-state index is 5.73. The summed E-state index contributed by atoms with van der Waals surface area (Å²) >= 11 is 0. The van der Waals surface area contributed by atoms with Gasteiger partial charge in [-0.3, -0.25) is 9.38 Å². The Hall–Kier alpha value is -3.73. The van der Waals surface area contributed by atoms with Crippen molar-refractivity contribution in [2.24, 2.45) is 0 Å². The Morgan fingerprint density at radius 1 is 0.862 bits per heavy atom. The molecule has 5 aromatic rings. The monoisotopic (exact) mass is 380 g/mol. The third kappa shape index (κ3) is 3.21. The Bertz CT molecular complexity index is 1300. The van der Waals surface area contributed by atoms with Crippen molar-refractivity contribution < 1.29 is 4.74 Å². The summed E-state index contributed by atoms with van der Waals surface area (Å²) in [6, 6.07) is 22.3. The Morgan fingerprint density at radius 2 is 1.69 bits per heavy atom. The van der Waals surface area contributed by atoms with Crippen molar-refractivity contribution in [3.8, 4) is 28.3 Å². The molecule has 0 fully saturated rings. The molecule has 0 N–H and O–H groups in total. The number of benzene rings is 2. The van der Waals surface area contributed by atoms with Gasteiger partial charge >= 0.3 is 0 Å². The maximum Gasteiger partial charge on any atom is 0.169 e. The molecule has 5 heteroatoms. The fraction of sp³-hybridized carbons (Fsp3) is 0.125. The number of hydrogen-bond acceptors (Lipinski definition) is 4. The summed E-state index contributed by atoms with van der Waals surface area (Å²) in [7, 11) is 0. The third-order valence-electron chi connectivity index (χ3n) is 4.86. The molecule has 142 valence electrons. The molecule has 0 aliphatic heterocycles. The fourth-order valence-electron chi connectivity index (χ4n) is 3.54. The second kappa shape index (κ2) is 7.02. The lowest BCUT2D eigenvalue weighted by Gasteiger charge is -2.10. The lowest BCUT2D eigenvalue weighted by Crippen LogP contribution is -2.05. The number of pyridine rings is 2. The molecule has 0 radical (unpaired) electrons. The zero-order valence-electron chi connectivity index (χ0n) is 16.3. The average molecular weight is 380 g/mol. The quantitative estimate of drug-likeness (QED) is 0.419. The predicted molar refractivity (Wildman–Crippen MR) is 115 cm³/mol. The van der Waals surface area contributed by atoms with Crippen LogP contribution in [0.25, 0.3) is 39.1 Å². The average Bonchev–Trinajstić information content (AvgIpc) is 3.16. The highest BCUT2D eigenvalue weighted by molar-refractivity contribution is 5.92. The van der Waals surface area contributed by atoms with E-state index in [1.807, 2.05) is 67.0 Å². The van der Waals surface area contributed by atoms with Gasteiger partial charge in [-0.05, 0) is 61.4 Å². The number of fused-ring (bicyclic) bond motifs is 2. The van der Waals surface area contributed by atoms with Crippen LogP contribution in [0.4, 0.5) is 0 Å². The smallest absolute Gasteiger partial charge is 0.169 e. The van der Waals surface area contributed by atoms with Crippen LogP contribution in [0.2, 0.25) is 0 Å². The van der Waals surface area contributed by atoms with Crippen LogP contribution in [0.3, 0.4) is 0 Å². The van der Waals surface area contributed by atoms with Gasteiger partial charge in [-0.25, -0.2) is 0 Å². The standard InChI is InChI=1S/C24H20N4O/c1-16(2)29-19-9-7-17(8-10-19)18-12-14-28-23(15-18)26-27-24(28)21-11-13-25-22-6-4-3-5-20(21)22/h3-16H,1-2H3. The lowest BCUT2D eigenvalue weighted by atomic mass is 10.1. The SMILES string of the molecule is CC(C)Oc1ccc(-c2ccn3c(-c4ccnc5ccccc45)nnc3c2)cc1. The van der Waals surface area contributed by atoms with Crippen molar-refractivity contribution in [1.29, 1.82) is 0 Å². The summed E-state index contributed by atoms with van der Waals surface area (Å²) in [4.78, 5) is 4.44. The van der Waals surface area contributed by atoms with Gasteiger partial charge in [0.15, 0.2) is 11.5 Å². The van der Waals surface area contributed by atoms with Crippen molar-refractivity contribution in [2.75, 3.05) is 0 Å². The molecule has 3 aromatic heterocycles. The van der Waals surface area contributed by atoms with Gasteiger partial charge in [0.2, 0.25) is 0 Å². The highest BCUT2D eigenvalue weighted by Crippen LogP contribution is 2.28. The second-order valence-corrected chi connectivity index (χ2v) is 7.23. The van der Waals surface area contributed by atoms with Gasteiger partial charge in [-0.15, -0.1) is 10.2 Å². The molecule has 0 bridgehead atoms. The van der Waals surface area contributed by atoms with Gasteiger partial charge in [0.25, 0.3) is 0 Å². The highest BCUT2D eigenvalue weighted by Gasteiger charge is 2.12. The summed E-state index contributed by atoms with van der Waals surface area (Å²) in [6.45, 7) is 4.05. The minimum atomic E-state index is 0.163. The number of nitrogens with zero attached hydrogens (tertiary/aromatic N) is 4. The number of aromatic nitrogens is 4. The van der Waals surface area contributed by atoms with Crippen molar-refractivity contribution in [2.45, 2.75) is 20.0 Å². The van der Waals surface area contributed by atoms with Gasteiger partial charge in [0.05, 0.1) is 11.6 Å². The molecule has 0 saturated heterocycles. The number of rotatable bonds is 4. The van der Waals surface area contributed by atoms with Gasteiger partial charge in [-0.1, -0.05) is 30.3 Å². The molecule has 0 aliphatic rings. The zero-order chi connectivity index (χ0) is 19.8. The first kappa shape index (κ1) is 17.4. The Balaban J connectivity index is 1.55. The second-order valence-electron chi connectivity index (χ2n) is 7.23. The van der Waals surface area contributed by atoms with Crippen molar-refractivity contribution in [3.63, 3.8) is 0 Å². The van der Waals surface area contributed by atoms with E-state index in [1.165, 1.54) is 0 Å². The molecule has 0 aliphatic carbocycles. The molecule has 5 rings (SSSR count). The van der Waals surface area contributed by atoms with E-state index in [9.17, 15) is 0 Å². The molecule has 0 atom stereocenters. The van der Waals surface area contributed by atoms with Crippen LogP contribution in [0.15, 0.2) is 79.1 Å². The van der Waals surface area contributed by atoms with Gasteiger partial charge in [0.1, 0.15) is 5.75 Å². The number of hydrogen-bond donors (Lipinski definition) is 0. The van der Waals surface area contributed by atoms with E-state index in [0.29, 0.717) is 0 Å². The van der Waals surface area contributed by atoms with E-state index in [-0.39, 0.29) is 6.10 Å².